The van der Waals surface area contributed by atoms with Gasteiger partial charge in [0.15, 0.2) is 0 Å². The van der Waals surface area contributed by atoms with E-state index >= 15 is 0 Å². The van der Waals surface area contributed by atoms with E-state index < -0.39 is 10.0 Å². The minimum absolute atomic E-state index is 0.108. The van der Waals surface area contributed by atoms with E-state index in [9.17, 15) is 8.42 Å². The molecule has 1 aromatic carbocycles. The van der Waals surface area contributed by atoms with Crippen LogP contribution in [-0.2, 0) is 17.1 Å². The minimum atomic E-state index is -3.73. The van der Waals surface area contributed by atoms with Crippen LogP contribution >= 0.6 is 11.6 Å². The van der Waals surface area contributed by atoms with Crippen LogP contribution in [0.3, 0.4) is 0 Å². The lowest BCUT2D eigenvalue weighted by atomic mass is 10.1. The van der Waals surface area contributed by atoms with Crippen LogP contribution in [0, 0.1) is 6.92 Å². The molecule has 1 aliphatic rings. The largest absolute Gasteiger partial charge is 0.303 e. The summed E-state index contributed by atoms with van der Waals surface area (Å²) in [4.78, 5) is 2.25. The van der Waals surface area contributed by atoms with Gasteiger partial charge < -0.3 is 4.90 Å². The predicted octanol–water partition coefficient (Wildman–Crippen LogP) is 2.06. The molecule has 6 nitrogen and oxygen atoms in total. The molecule has 0 saturated carbocycles. The molecule has 2 heterocycles. The highest BCUT2D eigenvalue weighted by atomic mass is 35.5. The van der Waals surface area contributed by atoms with Crippen molar-refractivity contribution in [2.45, 2.75) is 17.9 Å². The molecule has 1 aliphatic heterocycles. The SMILES string of the molecule is Cc1nn(C)c(Cl)c1S(=O)(=O)N1CCN(C)CC1c1ccccc1. The van der Waals surface area contributed by atoms with Gasteiger partial charge in [-0.1, -0.05) is 41.9 Å². The molecule has 0 radical (unpaired) electrons. The number of hydrogen-bond donors (Lipinski definition) is 0. The Hall–Kier alpha value is -1.41. The summed E-state index contributed by atoms with van der Waals surface area (Å²) < 4.78 is 29.6. The van der Waals surface area contributed by atoms with Crippen LogP contribution in [0.4, 0.5) is 0 Å². The van der Waals surface area contributed by atoms with Crippen molar-refractivity contribution in [2.75, 3.05) is 26.7 Å². The van der Waals surface area contributed by atoms with Gasteiger partial charge in [0.25, 0.3) is 0 Å². The van der Waals surface area contributed by atoms with Gasteiger partial charge in [0.05, 0.1) is 11.7 Å². The molecule has 0 aliphatic carbocycles. The van der Waals surface area contributed by atoms with Gasteiger partial charge in [-0.15, -0.1) is 0 Å². The summed E-state index contributed by atoms with van der Waals surface area (Å²) in [6.07, 6.45) is 0. The van der Waals surface area contributed by atoms with E-state index in [4.69, 9.17) is 11.6 Å². The minimum Gasteiger partial charge on any atom is -0.303 e. The van der Waals surface area contributed by atoms with E-state index in [1.165, 1.54) is 4.68 Å². The van der Waals surface area contributed by atoms with Gasteiger partial charge in [-0.2, -0.15) is 9.40 Å². The first-order valence-electron chi connectivity index (χ1n) is 7.77. The van der Waals surface area contributed by atoms with Gasteiger partial charge in [0.2, 0.25) is 10.0 Å². The average molecular weight is 369 g/mol. The van der Waals surface area contributed by atoms with Gasteiger partial charge in [-0.05, 0) is 19.5 Å². The maximum Gasteiger partial charge on any atom is 0.248 e. The molecule has 0 bridgehead atoms. The summed E-state index contributed by atoms with van der Waals surface area (Å²) in [5.74, 6) is 0. The zero-order chi connectivity index (χ0) is 17.5. The van der Waals surface area contributed by atoms with Gasteiger partial charge in [-0.3, -0.25) is 4.68 Å². The first-order valence-corrected chi connectivity index (χ1v) is 9.58. The topological polar surface area (TPSA) is 58.4 Å². The Bertz CT molecular complexity index is 835. The smallest absolute Gasteiger partial charge is 0.248 e. The second-order valence-corrected chi connectivity index (χ2v) is 8.32. The Balaban J connectivity index is 2.07. The highest BCUT2D eigenvalue weighted by Gasteiger charge is 2.39. The fourth-order valence-corrected chi connectivity index (χ4v) is 5.46. The van der Waals surface area contributed by atoms with Crippen molar-refractivity contribution in [3.05, 3.63) is 46.7 Å². The Labute approximate surface area is 147 Å². The quantitative estimate of drug-likeness (QED) is 0.832. The van der Waals surface area contributed by atoms with E-state index in [0.29, 0.717) is 25.3 Å². The van der Waals surface area contributed by atoms with Crippen molar-refractivity contribution in [3.8, 4) is 0 Å². The Morgan fingerprint density at radius 3 is 2.42 bits per heavy atom. The molecule has 24 heavy (non-hydrogen) atoms. The number of sulfonamides is 1. The highest BCUT2D eigenvalue weighted by molar-refractivity contribution is 7.89. The van der Waals surface area contributed by atoms with E-state index in [0.717, 1.165) is 5.56 Å². The summed E-state index contributed by atoms with van der Waals surface area (Å²) in [7, 11) is -0.0839. The Morgan fingerprint density at radius 2 is 1.83 bits per heavy atom. The van der Waals surface area contributed by atoms with E-state index in [1.807, 2.05) is 37.4 Å². The molecule has 130 valence electrons. The van der Waals surface area contributed by atoms with Crippen LogP contribution in [0.25, 0.3) is 0 Å². The molecule has 2 aromatic rings. The zero-order valence-electron chi connectivity index (χ0n) is 14.0. The normalized spacial score (nSPS) is 20.4. The number of aryl methyl sites for hydroxylation is 2. The third kappa shape index (κ3) is 2.97. The lowest BCUT2D eigenvalue weighted by Crippen LogP contribution is -2.49. The number of aromatic nitrogens is 2. The van der Waals surface area contributed by atoms with Crippen molar-refractivity contribution in [2.24, 2.45) is 7.05 Å². The number of rotatable bonds is 3. The lowest BCUT2D eigenvalue weighted by Gasteiger charge is -2.39. The van der Waals surface area contributed by atoms with Crippen molar-refractivity contribution < 1.29 is 8.42 Å². The number of piperazine rings is 1. The molecule has 0 amide bonds. The summed E-state index contributed by atoms with van der Waals surface area (Å²) >= 11 is 6.22. The standard InChI is InChI=1S/C16H21ClN4O2S/c1-12-15(16(17)20(3)18-12)24(22,23)21-10-9-19(2)11-14(21)13-7-5-4-6-8-13/h4-8,14H,9-11H2,1-3H3. The summed E-state index contributed by atoms with van der Waals surface area (Å²) in [6, 6.07) is 9.46. The first kappa shape index (κ1) is 17.4. The van der Waals surface area contributed by atoms with Crippen molar-refractivity contribution in [1.29, 1.82) is 0 Å². The van der Waals surface area contributed by atoms with Crippen LogP contribution in [0.2, 0.25) is 5.15 Å². The maximum atomic E-state index is 13.3. The number of hydrogen-bond acceptors (Lipinski definition) is 4. The molecular formula is C16H21ClN4O2S. The van der Waals surface area contributed by atoms with Gasteiger partial charge >= 0.3 is 0 Å². The van der Waals surface area contributed by atoms with Crippen molar-refractivity contribution >= 4 is 21.6 Å². The van der Waals surface area contributed by atoms with Gasteiger partial charge in [0.1, 0.15) is 10.0 Å². The molecule has 3 rings (SSSR count). The fraction of sp³-hybridized carbons (Fsp3) is 0.438. The van der Waals surface area contributed by atoms with Crippen LogP contribution in [0.5, 0.6) is 0 Å². The third-order valence-corrected chi connectivity index (χ3v) is 6.99. The highest BCUT2D eigenvalue weighted by Crippen LogP contribution is 2.34. The van der Waals surface area contributed by atoms with E-state index in [2.05, 4.69) is 10.00 Å². The predicted molar refractivity (Wildman–Crippen MR) is 93.5 cm³/mol. The molecule has 0 N–H and O–H groups in total. The number of benzene rings is 1. The monoisotopic (exact) mass is 368 g/mol. The number of halogens is 1. The Morgan fingerprint density at radius 1 is 1.17 bits per heavy atom. The van der Waals surface area contributed by atoms with E-state index in [-0.39, 0.29) is 16.1 Å². The number of likely N-dealkylation sites (N-methyl/N-ethyl adjacent to an activating group) is 1. The number of nitrogens with zero attached hydrogens (tertiary/aromatic N) is 4. The fourth-order valence-electron chi connectivity index (χ4n) is 3.16. The molecule has 1 saturated heterocycles. The summed E-state index contributed by atoms with van der Waals surface area (Å²) in [5, 5.41) is 4.30. The molecule has 0 spiro atoms. The molecule has 1 unspecified atom stereocenters. The first-order chi connectivity index (χ1) is 11.3. The van der Waals surface area contributed by atoms with Crippen LogP contribution in [0.1, 0.15) is 17.3 Å². The summed E-state index contributed by atoms with van der Waals surface area (Å²) in [5.41, 5.74) is 1.40. The molecule has 8 heteroatoms. The molecular weight excluding hydrogens is 348 g/mol. The van der Waals surface area contributed by atoms with Crippen LogP contribution < -0.4 is 0 Å². The lowest BCUT2D eigenvalue weighted by molar-refractivity contribution is 0.160. The second kappa shape index (κ2) is 6.48. The maximum absolute atomic E-state index is 13.3. The summed E-state index contributed by atoms with van der Waals surface area (Å²) in [6.45, 7) is 3.41. The molecule has 1 aromatic heterocycles. The van der Waals surface area contributed by atoms with Crippen molar-refractivity contribution in [3.63, 3.8) is 0 Å². The van der Waals surface area contributed by atoms with Gasteiger partial charge in [-0.25, -0.2) is 8.42 Å². The average Bonchev–Trinajstić information content (AvgIpc) is 2.81. The van der Waals surface area contributed by atoms with Gasteiger partial charge in [0, 0.05) is 26.7 Å². The molecule has 1 fully saturated rings. The second-order valence-electron chi connectivity index (χ2n) is 6.13. The Kier molecular flexibility index (Phi) is 4.70. The van der Waals surface area contributed by atoms with Crippen molar-refractivity contribution in [1.82, 2.24) is 19.0 Å². The third-order valence-electron chi connectivity index (χ3n) is 4.39. The van der Waals surface area contributed by atoms with Crippen LogP contribution in [0.15, 0.2) is 35.2 Å². The zero-order valence-corrected chi connectivity index (χ0v) is 15.5. The van der Waals surface area contributed by atoms with Crippen LogP contribution in [-0.4, -0.2) is 54.1 Å². The van der Waals surface area contributed by atoms with E-state index in [1.54, 1.807) is 18.3 Å². The molecule has 1 atom stereocenters.